The maximum atomic E-state index is 11.3. The molecule has 6 nitrogen and oxygen atoms in total. The number of carboxylic acids is 1. The Morgan fingerprint density at radius 1 is 1.18 bits per heavy atom. The lowest BCUT2D eigenvalue weighted by atomic mass is 10.2. The first-order valence-corrected chi connectivity index (χ1v) is 6.61. The molecule has 0 bridgehead atoms. The van der Waals surface area contributed by atoms with Crippen molar-refractivity contribution in [3.05, 3.63) is 76.0 Å². The largest absolute Gasteiger partial charge is 0.478 e. The summed E-state index contributed by atoms with van der Waals surface area (Å²) < 4.78 is 1.79. The SMILES string of the molecule is O=C(O)c1cn(Cc2cccc([N+](=O)[O-])c2)c2ccccc12. The Morgan fingerprint density at radius 2 is 1.95 bits per heavy atom. The number of nitrogens with zero attached hydrogens (tertiary/aromatic N) is 2. The van der Waals surface area contributed by atoms with Gasteiger partial charge in [-0.3, -0.25) is 10.1 Å². The number of fused-ring (bicyclic) bond motifs is 1. The van der Waals surface area contributed by atoms with Gasteiger partial charge in [-0.05, 0) is 11.6 Å². The smallest absolute Gasteiger partial charge is 0.337 e. The normalized spacial score (nSPS) is 10.7. The monoisotopic (exact) mass is 296 g/mol. The molecular formula is C16H12N2O4. The fourth-order valence-electron chi connectivity index (χ4n) is 2.51. The highest BCUT2D eigenvalue weighted by molar-refractivity contribution is 6.03. The van der Waals surface area contributed by atoms with Gasteiger partial charge in [0.1, 0.15) is 0 Å². The molecule has 1 aromatic heterocycles. The number of para-hydroxylation sites is 1. The Hall–Kier alpha value is -3.15. The number of carboxylic acid groups (broad SMARTS) is 1. The summed E-state index contributed by atoms with van der Waals surface area (Å²) in [4.78, 5) is 21.7. The minimum atomic E-state index is -0.992. The van der Waals surface area contributed by atoms with Gasteiger partial charge in [0, 0.05) is 35.8 Å². The maximum absolute atomic E-state index is 11.3. The van der Waals surface area contributed by atoms with Crippen LogP contribution in [0.4, 0.5) is 5.69 Å². The third-order valence-electron chi connectivity index (χ3n) is 3.49. The Morgan fingerprint density at radius 3 is 2.68 bits per heavy atom. The fourth-order valence-corrected chi connectivity index (χ4v) is 2.51. The minimum absolute atomic E-state index is 0.0208. The second-order valence-electron chi connectivity index (χ2n) is 4.92. The summed E-state index contributed by atoms with van der Waals surface area (Å²) in [5.74, 6) is -0.992. The molecular weight excluding hydrogens is 284 g/mol. The number of benzene rings is 2. The summed E-state index contributed by atoms with van der Waals surface area (Å²) >= 11 is 0. The molecule has 0 saturated carbocycles. The summed E-state index contributed by atoms with van der Waals surface area (Å²) in [6.07, 6.45) is 1.56. The van der Waals surface area contributed by atoms with Crippen LogP contribution in [0.3, 0.4) is 0 Å². The lowest BCUT2D eigenvalue weighted by Crippen LogP contribution is -1.99. The van der Waals surface area contributed by atoms with E-state index in [4.69, 9.17) is 0 Å². The number of rotatable bonds is 4. The number of hydrogen-bond donors (Lipinski definition) is 1. The summed E-state index contributed by atoms with van der Waals surface area (Å²) in [7, 11) is 0. The highest BCUT2D eigenvalue weighted by atomic mass is 16.6. The van der Waals surface area contributed by atoms with Crippen LogP contribution in [0.5, 0.6) is 0 Å². The van der Waals surface area contributed by atoms with Crippen LogP contribution < -0.4 is 0 Å². The molecule has 0 unspecified atom stereocenters. The Labute approximate surface area is 125 Å². The van der Waals surface area contributed by atoms with E-state index < -0.39 is 10.9 Å². The van der Waals surface area contributed by atoms with Crippen LogP contribution in [0.25, 0.3) is 10.9 Å². The molecule has 0 aliphatic carbocycles. The zero-order valence-corrected chi connectivity index (χ0v) is 11.5. The van der Waals surface area contributed by atoms with Gasteiger partial charge in [0.05, 0.1) is 10.5 Å². The van der Waals surface area contributed by atoms with E-state index in [1.165, 1.54) is 12.1 Å². The molecule has 0 atom stereocenters. The van der Waals surface area contributed by atoms with Crippen molar-refractivity contribution >= 4 is 22.6 Å². The Bertz CT molecular complexity index is 883. The van der Waals surface area contributed by atoms with Gasteiger partial charge in [-0.15, -0.1) is 0 Å². The summed E-state index contributed by atoms with van der Waals surface area (Å²) in [5, 5.41) is 20.8. The predicted molar refractivity (Wildman–Crippen MR) is 81.1 cm³/mol. The predicted octanol–water partition coefficient (Wildman–Crippen LogP) is 3.30. The van der Waals surface area contributed by atoms with Crippen LogP contribution in [-0.2, 0) is 6.54 Å². The lowest BCUT2D eigenvalue weighted by molar-refractivity contribution is -0.384. The molecule has 0 aliphatic rings. The number of aromatic carboxylic acids is 1. The lowest BCUT2D eigenvalue weighted by Gasteiger charge is -2.05. The molecule has 0 aliphatic heterocycles. The number of carbonyl (C=O) groups is 1. The first-order chi connectivity index (χ1) is 10.6. The second kappa shape index (κ2) is 5.33. The van der Waals surface area contributed by atoms with Gasteiger partial charge < -0.3 is 9.67 Å². The van der Waals surface area contributed by atoms with Crippen LogP contribution >= 0.6 is 0 Å². The van der Waals surface area contributed by atoms with E-state index in [-0.39, 0.29) is 11.3 Å². The van der Waals surface area contributed by atoms with Crippen molar-refractivity contribution in [1.29, 1.82) is 0 Å². The van der Waals surface area contributed by atoms with E-state index in [0.717, 1.165) is 11.1 Å². The molecule has 6 heteroatoms. The quantitative estimate of drug-likeness (QED) is 0.591. The summed E-state index contributed by atoms with van der Waals surface area (Å²) in [6, 6.07) is 13.5. The van der Waals surface area contributed by atoms with Crippen LogP contribution in [0.2, 0.25) is 0 Å². The average molecular weight is 296 g/mol. The molecule has 3 rings (SSSR count). The highest BCUT2D eigenvalue weighted by Crippen LogP contribution is 2.23. The van der Waals surface area contributed by atoms with Crippen LogP contribution in [-0.4, -0.2) is 20.6 Å². The number of hydrogen-bond acceptors (Lipinski definition) is 3. The molecule has 0 fully saturated rings. The standard InChI is InChI=1S/C16H12N2O4/c19-16(20)14-10-17(15-7-2-1-6-13(14)15)9-11-4-3-5-12(8-11)18(21)22/h1-8,10H,9H2,(H,19,20). The van der Waals surface area contributed by atoms with Crippen LogP contribution in [0, 0.1) is 10.1 Å². The number of nitro benzene ring substituents is 1. The van der Waals surface area contributed by atoms with E-state index in [1.54, 1.807) is 35.0 Å². The number of non-ortho nitro benzene ring substituents is 1. The van der Waals surface area contributed by atoms with Crippen molar-refractivity contribution < 1.29 is 14.8 Å². The van der Waals surface area contributed by atoms with E-state index in [2.05, 4.69) is 0 Å². The van der Waals surface area contributed by atoms with Crippen molar-refractivity contribution in [2.24, 2.45) is 0 Å². The minimum Gasteiger partial charge on any atom is -0.478 e. The van der Waals surface area contributed by atoms with Crippen LogP contribution in [0.15, 0.2) is 54.7 Å². The number of nitro groups is 1. The summed E-state index contributed by atoms with van der Waals surface area (Å²) in [5.41, 5.74) is 1.77. The first-order valence-electron chi connectivity index (χ1n) is 6.61. The van der Waals surface area contributed by atoms with Gasteiger partial charge in [0.25, 0.3) is 5.69 Å². The van der Waals surface area contributed by atoms with E-state index in [1.807, 2.05) is 12.1 Å². The number of aromatic nitrogens is 1. The second-order valence-corrected chi connectivity index (χ2v) is 4.92. The zero-order chi connectivity index (χ0) is 15.7. The van der Waals surface area contributed by atoms with E-state index >= 15 is 0 Å². The van der Waals surface area contributed by atoms with Gasteiger partial charge in [0.2, 0.25) is 0 Å². The van der Waals surface area contributed by atoms with Crippen LogP contribution in [0.1, 0.15) is 15.9 Å². The van der Waals surface area contributed by atoms with Crippen molar-refractivity contribution in [3.8, 4) is 0 Å². The zero-order valence-electron chi connectivity index (χ0n) is 11.5. The molecule has 1 heterocycles. The molecule has 0 spiro atoms. The van der Waals surface area contributed by atoms with Gasteiger partial charge in [-0.25, -0.2) is 4.79 Å². The molecule has 110 valence electrons. The third kappa shape index (κ3) is 2.42. The Kier molecular flexibility index (Phi) is 3.34. The Balaban J connectivity index is 2.06. The molecule has 1 N–H and O–H groups in total. The summed E-state index contributed by atoms with van der Waals surface area (Å²) in [6.45, 7) is 0.371. The molecule has 0 saturated heterocycles. The van der Waals surface area contributed by atoms with Gasteiger partial charge in [0.15, 0.2) is 0 Å². The highest BCUT2D eigenvalue weighted by Gasteiger charge is 2.14. The van der Waals surface area contributed by atoms with Gasteiger partial charge in [-0.2, -0.15) is 0 Å². The van der Waals surface area contributed by atoms with Crippen molar-refractivity contribution in [2.45, 2.75) is 6.54 Å². The molecule has 3 aromatic rings. The van der Waals surface area contributed by atoms with Crippen molar-refractivity contribution in [2.75, 3.05) is 0 Å². The fraction of sp³-hybridized carbons (Fsp3) is 0.0625. The van der Waals surface area contributed by atoms with Crippen molar-refractivity contribution in [1.82, 2.24) is 4.57 Å². The molecule has 0 amide bonds. The molecule has 2 aromatic carbocycles. The molecule has 22 heavy (non-hydrogen) atoms. The van der Waals surface area contributed by atoms with E-state index in [9.17, 15) is 20.0 Å². The van der Waals surface area contributed by atoms with E-state index in [0.29, 0.717) is 11.9 Å². The molecule has 0 radical (unpaired) electrons. The van der Waals surface area contributed by atoms with Gasteiger partial charge in [-0.1, -0.05) is 30.3 Å². The van der Waals surface area contributed by atoms with Crippen molar-refractivity contribution in [3.63, 3.8) is 0 Å². The first kappa shape index (κ1) is 13.8. The average Bonchev–Trinajstić information content (AvgIpc) is 2.87. The topological polar surface area (TPSA) is 85.4 Å². The maximum Gasteiger partial charge on any atom is 0.337 e. The third-order valence-corrected chi connectivity index (χ3v) is 3.49. The van der Waals surface area contributed by atoms with Gasteiger partial charge >= 0.3 is 5.97 Å².